The first-order valence-corrected chi connectivity index (χ1v) is 15.9. The van der Waals surface area contributed by atoms with Crippen LogP contribution in [0.25, 0.3) is 0 Å². The van der Waals surface area contributed by atoms with Gasteiger partial charge in [0.05, 0.1) is 6.04 Å². The summed E-state index contributed by atoms with van der Waals surface area (Å²) in [6.07, 6.45) is 1.89. The van der Waals surface area contributed by atoms with E-state index in [1.54, 1.807) is 18.2 Å². The van der Waals surface area contributed by atoms with E-state index in [-0.39, 0.29) is 30.2 Å². The van der Waals surface area contributed by atoms with Gasteiger partial charge in [-0.05, 0) is 76.2 Å². The Morgan fingerprint density at radius 3 is 2.55 bits per heavy atom. The quantitative estimate of drug-likeness (QED) is 0.291. The first-order chi connectivity index (χ1) is 20.2. The molecule has 7 nitrogen and oxygen atoms in total. The van der Waals surface area contributed by atoms with E-state index in [1.807, 2.05) is 54.3 Å². The number of carbonyl (C=O) groups is 3. The first kappa shape index (κ1) is 29.3. The maximum Gasteiger partial charge on any atom is 0.238 e. The molecule has 3 aromatic rings. The van der Waals surface area contributed by atoms with Crippen molar-refractivity contribution < 1.29 is 19.1 Å². The van der Waals surface area contributed by atoms with Gasteiger partial charge in [-0.1, -0.05) is 48.3 Å². The number of halogens is 3. The van der Waals surface area contributed by atoms with Gasteiger partial charge in [-0.3, -0.25) is 14.4 Å². The molecule has 0 bridgehead atoms. The van der Waals surface area contributed by atoms with Crippen LogP contribution in [0.4, 0.5) is 5.69 Å². The molecule has 3 aliphatic heterocycles. The van der Waals surface area contributed by atoms with Crippen LogP contribution in [-0.4, -0.2) is 41.8 Å². The summed E-state index contributed by atoms with van der Waals surface area (Å²) >= 11 is 15.0. The Labute approximate surface area is 268 Å². The van der Waals surface area contributed by atoms with Crippen LogP contribution >= 0.6 is 45.8 Å². The number of hydrogen-bond donors (Lipinski definition) is 2. The first-order valence-electron chi connectivity index (χ1n) is 14.1. The maximum absolute atomic E-state index is 14.4. The van der Waals surface area contributed by atoms with Crippen molar-refractivity contribution in [2.24, 2.45) is 0 Å². The molecule has 42 heavy (non-hydrogen) atoms. The number of fused-ring (bicyclic) bond motifs is 2. The monoisotopic (exact) mass is 717 g/mol. The average molecular weight is 718 g/mol. The topological polar surface area (TPSA) is 87.7 Å². The van der Waals surface area contributed by atoms with Crippen LogP contribution in [0.3, 0.4) is 0 Å². The van der Waals surface area contributed by atoms with Crippen molar-refractivity contribution in [2.45, 2.75) is 56.1 Å². The van der Waals surface area contributed by atoms with Gasteiger partial charge in [-0.2, -0.15) is 0 Å². The van der Waals surface area contributed by atoms with E-state index in [0.29, 0.717) is 53.8 Å². The van der Waals surface area contributed by atoms with Crippen molar-refractivity contribution in [1.29, 1.82) is 0 Å². The summed E-state index contributed by atoms with van der Waals surface area (Å²) < 4.78 is 7.58. The molecule has 0 aliphatic carbocycles. The van der Waals surface area contributed by atoms with Crippen molar-refractivity contribution in [3.63, 3.8) is 0 Å². The summed E-state index contributed by atoms with van der Waals surface area (Å²) in [6, 6.07) is 17.9. The lowest BCUT2D eigenvalue weighted by Gasteiger charge is -2.47. The van der Waals surface area contributed by atoms with Crippen LogP contribution in [0, 0.1) is 3.57 Å². The van der Waals surface area contributed by atoms with E-state index in [2.05, 4.69) is 33.2 Å². The minimum absolute atomic E-state index is 0.104. The number of rotatable bonds is 5. The summed E-state index contributed by atoms with van der Waals surface area (Å²) in [5.41, 5.74) is 1.73. The van der Waals surface area contributed by atoms with Crippen LogP contribution in [0.5, 0.6) is 5.75 Å². The van der Waals surface area contributed by atoms with Gasteiger partial charge in [-0.15, -0.1) is 0 Å². The van der Waals surface area contributed by atoms with Crippen molar-refractivity contribution in [1.82, 2.24) is 10.2 Å². The van der Waals surface area contributed by atoms with Crippen molar-refractivity contribution in [2.75, 3.05) is 18.4 Å². The number of anilines is 1. The molecular formula is C32H30Cl2IN3O4. The molecule has 1 unspecified atom stereocenters. The van der Waals surface area contributed by atoms with E-state index in [9.17, 15) is 14.4 Å². The molecule has 6 rings (SSSR count). The van der Waals surface area contributed by atoms with Gasteiger partial charge < -0.3 is 20.3 Å². The molecule has 2 fully saturated rings. The molecule has 10 heteroatoms. The Hall–Kier alpha value is -2.82. The van der Waals surface area contributed by atoms with Crippen LogP contribution in [0.1, 0.15) is 61.3 Å². The molecule has 3 heterocycles. The minimum atomic E-state index is -1.20. The third-order valence-corrected chi connectivity index (χ3v) is 9.82. The zero-order valence-corrected chi connectivity index (χ0v) is 26.6. The normalized spacial score (nSPS) is 23.9. The summed E-state index contributed by atoms with van der Waals surface area (Å²) in [6.45, 7) is 3.14. The van der Waals surface area contributed by atoms with Gasteiger partial charge in [-0.25, -0.2) is 0 Å². The van der Waals surface area contributed by atoms with Crippen LogP contribution in [-0.2, 0) is 19.8 Å². The third-order valence-electron chi connectivity index (χ3n) is 8.68. The average Bonchev–Trinajstić information content (AvgIpc) is 3.25. The third kappa shape index (κ3) is 5.15. The zero-order chi connectivity index (χ0) is 29.6. The highest BCUT2D eigenvalue weighted by atomic mass is 127. The highest BCUT2D eigenvalue weighted by Crippen LogP contribution is 2.58. The number of carbonyl (C=O) groups excluding carboxylic acids is 3. The van der Waals surface area contributed by atoms with Crippen molar-refractivity contribution in [3.8, 4) is 5.75 Å². The second kappa shape index (κ2) is 11.7. The summed E-state index contributed by atoms with van der Waals surface area (Å²) in [4.78, 5) is 41.9. The van der Waals surface area contributed by atoms with Crippen LogP contribution < -0.4 is 15.4 Å². The second-order valence-corrected chi connectivity index (χ2v) is 13.2. The SMILES string of the molecule is CCC(=O)N1CCC(Oc2ccc(I)cc2[C@H]2NC(=O)C[C@@H](c3cccc(Cl)c3)C23C(=O)Nc2cc(Cl)ccc23)CC1. The fraction of sp³-hybridized carbons (Fsp3) is 0.344. The number of benzene rings is 3. The molecule has 3 aliphatic rings. The molecule has 0 radical (unpaired) electrons. The van der Waals surface area contributed by atoms with Gasteiger partial charge >= 0.3 is 0 Å². The molecule has 2 N–H and O–H groups in total. The number of ether oxygens (including phenoxy) is 1. The lowest BCUT2D eigenvalue weighted by Crippen LogP contribution is -2.57. The molecule has 1 spiro atoms. The summed E-state index contributed by atoms with van der Waals surface area (Å²) in [5, 5.41) is 7.32. The largest absolute Gasteiger partial charge is 0.490 e. The number of nitrogens with one attached hydrogen (secondary N) is 2. The second-order valence-electron chi connectivity index (χ2n) is 11.1. The fourth-order valence-electron chi connectivity index (χ4n) is 6.75. The molecule has 0 aromatic heterocycles. The number of likely N-dealkylation sites (tertiary alicyclic amines) is 1. The number of nitrogens with zero attached hydrogens (tertiary/aromatic N) is 1. The molecule has 3 amide bonds. The standard InChI is InChI=1S/C32H30Cl2IN3O4/c1-2-29(40)38-12-10-22(11-13-38)42-27-9-7-21(35)16-23(27)30-32(24-8-6-20(34)15-26(24)36-31(32)41)25(17-28(39)37-30)18-4-3-5-19(33)14-18/h3-9,14-16,22,25,30H,2,10-13,17H2,1H3,(H,36,41)(H,37,39)/t25-,30+,32?/m0/s1. The van der Waals surface area contributed by atoms with Crippen molar-refractivity contribution in [3.05, 3.63) is 91.0 Å². The Bertz CT molecular complexity index is 1580. The molecule has 0 saturated carbocycles. The minimum Gasteiger partial charge on any atom is -0.490 e. The lowest BCUT2D eigenvalue weighted by atomic mass is 9.59. The predicted octanol–water partition coefficient (Wildman–Crippen LogP) is 6.61. The highest BCUT2D eigenvalue weighted by Gasteiger charge is 2.61. The fourth-order valence-corrected chi connectivity index (χ4v) is 7.63. The van der Waals surface area contributed by atoms with Crippen LogP contribution in [0.2, 0.25) is 10.0 Å². The smallest absolute Gasteiger partial charge is 0.238 e. The van der Waals surface area contributed by atoms with Gasteiger partial charge in [0.25, 0.3) is 0 Å². The van der Waals surface area contributed by atoms with Gasteiger partial charge in [0.15, 0.2) is 0 Å². The summed E-state index contributed by atoms with van der Waals surface area (Å²) in [5.74, 6) is -0.130. The van der Waals surface area contributed by atoms with E-state index in [1.165, 1.54) is 0 Å². The Morgan fingerprint density at radius 1 is 1.05 bits per heavy atom. The molecule has 3 atom stereocenters. The maximum atomic E-state index is 14.4. The molecule has 2 saturated heterocycles. The Balaban J connectivity index is 1.47. The van der Waals surface area contributed by atoms with E-state index < -0.39 is 17.4 Å². The molecule has 218 valence electrons. The highest BCUT2D eigenvalue weighted by molar-refractivity contribution is 14.1. The van der Waals surface area contributed by atoms with Crippen LogP contribution in [0.15, 0.2) is 60.7 Å². The van der Waals surface area contributed by atoms with E-state index in [4.69, 9.17) is 27.9 Å². The summed E-state index contributed by atoms with van der Waals surface area (Å²) in [7, 11) is 0. The Kier molecular flexibility index (Phi) is 8.15. The lowest BCUT2D eigenvalue weighted by molar-refractivity contribution is -0.133. The number of amides is 3. The Morgan fingerprint density at radius 2 is 1.81 bits per heavy atom. The van der Waals surface area contributed by atoms with Gasteiger partial charge in [0, 0.05) is 69.6 Å². The molecular weight excluding hydrogens is 688 g/mol. The predicted molar refractivity (Wildman–Crippen MR) is 171 cm³/mol. The number of piperidine rings is 2. The number of hydrogen-bond acceptors (Lipinski definition) is 4. The zero-order valence-electron chi connectivity index (χ0n) is 23.0. The van der Waals surface area contributed by atoms with E-state index >= 15 is 0 Å². The van der Waals surface area contributed by atoms with Gasteiger partial charge in [0.1, 0.15) is 17.3 Å². The van der Waals surface area contributed by atoms with Crippen molar-refractivity contribution >= 4 is 69.2 Å². The van der Waals surface area contributed by atoms with Gasteiger partial charge in [0.2, 0.25) is 17.7 Å². The van der Waals surface area contributed by atoms with E-state index in [0.717, 1.165) is 20.3 Å². The molecule has 3 aromatic carbocycles.